The molecule has 0 aliphatic heterocycles. The van der Waals surface area contributed by atoms with E-state index in [0.717, 1.165) is 63.4 Å². The zero-order valence-electron chi connectivity index (χ0n) is 16.7. The molecule has 1 rings (SSSR count). The minimum Gasteiger partial charge on any atom is -0.466 e. The third-order valence-electron chi connectivity index (χ3n) is 4.38. The van der Waals surface area contributed by atoms with E-state index in [0.29, 0.717) is 30.2 Å². The first-order valence-corrected chi connectivity index (χ1v) is 10.5. The fraction of sp³-hybridized carbons (Fsp3) is 0.636. The van der Waals surface area contributed by atoms with E-state index < -0.39 is 0 Å². The fourth-order valence-corrected chi connectivity index (χ4v) is 2.84. The first-order valence-electron chi connectivity index (χ1n) is 10.2. The van der Waals surface area contributed by atoms with Crippen molar-refractivity contribution in [3.8, 4) is 5.75 Å². The molecule has 0 atom stereocenters. The van der Waals surface area contributed by atoms with Gasteiger partial charge in [0.05, 0.1) is 6.61 Å². The third-order valence-corrected chi connectivity index (χ3v) is 4.81. The van der Waals surface area contributed by atoms with E-state index in [-0.39, 0.29) is 11.9 Å². The summed E-state index contributed by atoms with van der Waals surface area (Å²) >= 11 is 5.96. The maximum absolute atomic E-state index is 11.8. The van der Waals surface area contributed by atoms with E-state index in [2.05, 4.69) is 6.92 Å². The smallest absolute Gasteiger partial charge is 0.311 e. The van der Waals surface area contributed by atoms with Crippen LogP contribution in [0.4, 0.5) is 0 Å². The number of halogens is 1. The molecule has 0 saturated heterocycles. The Labute approximate surface area is 168 Å². The van der Waals surface area contributed by atoms with Crippen LogP contribution in [0.3, 0.4) is 0 Å². The van der Waals surface area contributed by atoms with Gasteiger partial charge in [0, 0.05) is 17.9 Å². The largest absolute Gasteiger partial charge is 0.466 e. The summed E-state index contributed by atoms with van der Waals surface area (Å²) in [4.78, 5) is 23.4. The second-order valence-corrected chi connectivity index (χ2v) is 7.34. The van der Waals surface area contributed by atoms with Crippen molar-refractivity contribution in [2.24, 2.45) is 0 Å². The summed E-state index contributed by atoms with van der Waals surface area (Å²) < 4.78 is 10.5. The minimum atomic E-state index is -0.206. The van der Waals surface area contributed by atoms with Gasteiger partial charge in [-0.15, -0.1) is 0 Å². The van der Waals surface area contributed by atoms with Crippen LogP contribution in [0.15, 0.2) is 18.2 Å². The van der Waals surface area contributed by atoms with E-state index in [9.17, 15) is 9.59 Å². The molecule has 0 amide bonds. The van der Waals surface area contributed by atoms with Gasteiger partial charge in [0.15, 0.2) is 0 Å². The predicted octanol–water partition coefficient (Wildman–Crippen LogP) is 6.41. The Bertz CT molecular complexity index is 571. The van der Waals surface area contributed by atoms with Gasteiger partial charge in [0.25, 0.3) is 0 Å². The lowest BCUT2D eigenvalue weighted by Gasteiger charge is -2.06. The zero-order valence-corrected chi connectivity index (χ0v) is 17.5. The summed E-state index contributed by atoms with van der Waals surface area (Å²) in [7, 11) is 0. The Hall–Kier alpha value is -1.55. The zero-order chi connectivity index (χ0) is 19.9. The lowest BCUT2D eigenvalue weighted by atomic mass is 10.1. The van der Waals surface area contributed by atoms with Crippen LogP contribution in [0.2, 0.25) is 5.02 Å². The summed E-state index contributed by atoms with van der Waals surface area (Å²) in [6.07, 6.45) is 10.0. The number of rotatable bonds is 14. The van der Waals surface area contributed by atoms with Gasteiger partial charge in [-0.05, 0) is 49.9 Å². The number of benzene rings is 1. The van der Waals surface area contributed by atoms with Crippen molar-refractivity contribution in [2.45, 2.75) is 84.5 Å². The minimum absolute atomic E-state index is 0.0775. The molecule has 1 aromatic carbocycles. The summed E-state index contributed by atoms with van der Waals surface area (Å²) in [5.41, 5.74) is 0.895. The van der Waals surface area contributed by atoms with Crippen LogP contribution in [-0.2, 0) is 14.3 Å². The standard InChI is InChI=1S/C22H33ClO4/c1-3-4-11-16-26-21(24)12-9-7-5-6-8-10-13-22(25)27-19-14-15-20(23)18(2)17-19/h14-15,17H,3-13,16H2,1-2H3. The first-order chi connectivity index (χ1) is 13.0. The van der Waals surface area contributed by atoms with Crippen molar-refractivity contribution in [3.05, 3.63) is 28.8 Å². The topological polar surface area (TPSA) is 52.6 Å². The molecule has 0 unspecified atom stereocenters. The number of ether oxygens (including phenoxy) is 2. The van der Waals surface area contributed by atoms with Crippen LogP contribution in [0.25, 0.3) is 0 Å². The summed E-state index contributed by atoms with van der Waals surface area (Å²) in [5, 5.41) is 0.666. The summed E-state index contributed by atoms with van der Waals surface area (Å²) in [6, 6.07) is 5.22. The van der Waals surface area contributed by atoms with E-state index in [1.54, 1.807) is 18.2 Å². The van der Waals surface area contributed by atoms with Gasteiger partial charge in [-0.1, -0.05) is 57.0 Å². The fourth-order valence-electron chi connectivity index (χ4n) is 2.72. The van der Waals surface area contributed by atoms with Crippen molar-refractivity contribution in [3.63, 3.8) is 0 Å². The maximum atomic E-state index is 11.8. The molecule has 0 bridgehead atoms. The second kappa shape index (κ2) is 14.5. The molecule has 0 aliphatic carbocycles. The number of esters is 2. The molecule has 0 N–H and O–H groups in total. The molecule has 4 nitrogen and oxygen atoms in total. The maximum Gasteiger partial charge on any atom is 0.311 e. The average molecular weight is 397 g/mol. The highest BCUT2D eigenvalue weighted by Crippen LogP contribution is 2.21. The molecule has 27 heavy (non-hydrogen) atoms. The van der Waals surface area contributed by atoms with E-state index >= 15 is 0 Å². The molecule has 0 saturated carbocycles. The normalized spacial score (nSPS) is 10.6. The Balaban J connectivity index is 1.97. The van der Waals surface area contributed by atoms with Gasteiger partial charge in [-0.25, -0.2) is 0 Å². The third kappa shape index (κ3) is 11.7. The molecule has 0 radical (unpaired) electrons. The van der Waals surface area contributed by atoms with Crippen molar-refractivity contribution in [1.29, 1.82) is 0 Å². The Kier molecular flexibility index (Phi) is 12.6. The van der Waals surface area contributed by atoms with Crippen LogP contribution < -0.4 is 4.74 Å². The van der Waals surface area contributed by atoms with Gasteiger partial charge >= 0.3 is 11.9 Å². The molecule has 0 fully saturated rings. The van der Waals surface area contributed by atoms with Crippen molar-refractivity contribution in [1.82, 2.24) is 0 Å². The highest BCUT2D eigenvalue weighted by molar-refractivity contribution is 6.31. The summed E-state index contributed by atoms with van der Waals surface area (Å²) in [5.74, 6) is 0.261. The van der Waals surface area contributed by atoms with Crippen LogP contribution in [-0.4, -0.2) is 18.5 Å². The van der Waals surface area contributed by atoms with Gasteiger partial charge < -0.3 is 9.47 Å². The number of aryl methyl sites for hydroxylation is 1. The average Bonchev–Trinajstić information content (AvgIpc) is 2.64. The molecule has 0 heterocycles. The van der Waals surface area contributed by atoms with Crippen LogP contribution in [0, 0.1) is 6.92 Å². The number of carbonyl (C=O) groups excluding carboxylic acids is 2. The van der Waals surface area contributed by atoms with Crippen molar-refractivity contribution >= 4 is 23.5 Å². The van der Waals surface area contributed by atoms with Gasteiger partial charge in [-0.2, -0.15) is 0 Å². The SMILES string of the molecule is CCCCCOC(=O)CCCCCCCCC(=O)Oc1ccc(Cl)c(C)c1. The van der Waals surface area contributed by atoms with Gasteiger partial charge in [0.1, 0.15) is 5.75 Å². The Morgan fingerprint density at radius 2 is 1.52 bits per heavy atom. The van der Waals surface area contributed by atoms with Crippen LogP contribution in [0.1, 0.15) is 83.1 Å². The van der Waals surface area contributed by atoms with E-state index in [1.807, 2.05) is 6.92 Å². The van der Waals surface area contributed by atoms with Crippen molar-refractivity contribution < 1.29 is 19.1 Å². The lowest BCUT2D eigenvalue weighted by molar-refractivity contribution is -0.144. The predicted molar refractivity (Wildman–Crippen MR) is 109 cm³/mol. The number of unbranched alkanes of at least 4 members (excludes halogenated alkanes) is 7. The molecular weight excluding hydrogens is 364 g/mol. The van der Waals surface area contributed by atoms with E-state index in [1.165, 1.54) is 0 Å². The highest BCUT2D eigenvalue weighted by Gasteiger charge is 2.06. The van der Waals surface area contributed by atoms with Gasteiger partial charge in [-0.3, -0.25) is 9.59 Å². The van der Waals surface area contributed by atoms with Crippen LogP contribution >= 0.6 is 11.6 Å². The second-order valence-electron chi connectivity index (χ2n) is 6.93. The molecule has 5 heteroatoms. The van der Waals surface area contributed by atoms with Crippen molar-refractivity contribution in [2.75, 3.05) is 6.61 Å². The highest BCUT2D eigenvalue weighted by atomic mass is 35.5. The molecule has 1 aromatic rings. The number of hydrogen-bond donors (Lipinski definition) is 0. The quantitative estimate of drug-likeness (QED) is 0.207. The first kappa shape index (κ1) is 23.5. The number of hydrogen-bond acceptors (Lipinski definition) is 4. The van der Waals surface area contributed by atoms with Crippen LogP contribution in [0.5, 0.6) is 5.75 Å². The van der Waals surface area contributed by atoms with E-state index in [4.69, 9.17) is 21.1 Å². The van der Waals surface area contributed by atoms with Gasteiger partial charge in [0.2, 0.25) is 0 Å². The summed E-state index contributed by atoms with van der Waals surface area (Å²) in [6.45, 7) is 4.56. The number of carbonyl (C=O) groups is 2. The molecule has 0 spiro atoms. The molecular formula is C22H33ClO4. The lowest BCUT2D eigenvalue weighted by Crippen LogP contribution is -2.07. The monoisotopic (exact) mass is 396 g/mol. The Morgan fingerprint density at radius 3 is 2.15 bits per heavy atom. The molecule has 0 aliphatic rings. The Morgan fingerprint density at radius 1 is 0.889 bits per heavy atom. The molecule has 0 aromatic heterocycles. The molecule has 152 valence electrons.